The van der Waals surface area contributed by atoms with Crippen molar-refractivity contribution < 1.29 is 13.9 Å². The first-order valence-electron chi connectivity index (χ1n) is 9.60. The number of hydrogen-bond acceptors (Lipinski definition) is 2. The zero-order valence-corrected chi connectivity index (χ0v) is 15.6. The van der Waals surface area contributed by atoms with Crippen LogP contribution < -0.4 is 0 Å². The maximum Gasteiger partial charge on any atom is 0.337 e. The zero-order valence-electron chi connectivity index (χ0n) is 15.6. The molecule has 0 N–H and O–H groups in total. The summed E-state index contributed by atoms with van der Waals surface area (Å²) in [4.78, 5) is 11.5. The van der Waals surface area contributed by atoms with Gasteiger partial charge in [-0.3, -0.25) is 0 Å². The van der Waals surface area contributed by atoms with Gasteiger partial charge in [-0.05, 0) is 66.8 Å². The van der Waals surface area contributed by atoms with Crippen LogP contribution in [0.2, 0.25) is 0 Å². The van der Waals surface area contributed by atoms with Crippen molar-refractivity contribution in [2.24, 2.45) is 5.92 Å². The van der Waals surface area contributed by atoms with Crippen LogP contribution in [-0.4, -0.2) is 13.1 Å². The molecule has 0 aromatic heterocycles. The molecule has 1 fully saturated rings. The molecular weight excluding hydrogens is 327 g/mol. The van der Waals surface area contributed by atoms with Gasteiger partial charge in [0.15, 0.2) is 0 Å². The fraction of sp³-hybridized carbons (Fsp3) is 0.435. The maximum atomic E-state index is 14.7. The number of hydrogen-bond donors (Lipinski definition) is 0. The molecule has 138 valence electrons. The number of methoxy groups -OCH3 is 1. The molecule has 2 aromatic rings. The third kappa shape index (κ3) is 4.14. The molecule has 0 spiro atoms. The van der Waals surface area contributed by atoms with E-state index in [-0.39, 0.29) is 11.8 Å². The average molecular weight is 354 g/mol. The molecule has 1 saturated carbocycles. The van der Waals surface area contributed by atoms with E-state index in [0.29, 0.717) is 17.0 Å². The monoisotopic (exact) mass is 354 g/mol. The van der Waals surface area contributed by atoms with Gasteiger partial charge in [-0.25, -0.2) is 9.18 Å². The topological polar surface area (TPSA) is 26.3 Å². The lowest BCUT2D eigenvalue weighted by Crippen LogP contribution is -2.13. The number of halogens is 1. The van der Waals surface area contributed by atoms with Crippen LogP contribution in [0, 0.1) is 11.7 Å². The highest BCUT2D eigenvalue weighted by Gasteiger charge is 2.22. The van der Waals surface area contributed by atoms with Crippen LogP contribution in [0.3, 0.4) is 0 Å². The molecule has 0 atom stereocenters. The van der Waals surface area contributed by atoms with Gasteiger partial charge in [-0.1, -0.05) is 44.0 Å². The molecule has 1 aliphatic carbocycles. The minimum atomic E-state index is -0.383. The van der Waals surface area contributed by atoms with Crippen LogP contribution in [0.4, 0.5) is 4.39 Å². The lowest BCUT2D eigenvalue weighted by Gasteiger charge is -2.28. The lowest BCUT2D eigenvalue weighted by molar-refractivity contribution is 0.0601. The van der Waals surface area contributed by atoms with E-state index in [1.54, 1.807) is 30.3 Å². The third-order valence-corrected chi connectivity index (χ3v) is 5.63. The molecule has 0 heterocycles. The van der Waals surface area contributed by atoms with Gasteiger partial charge in [0.2, 0.25) is 0 Å². The maximum absolute atomic E-state index is 14.7. The van der Waals surface area contributed by atoms with E-state index < -0.39 is 0 Å². The number of carbonyl (C=O) groups is 1. The standard InChI is InChI=1S/C23H27FO2/c1-3-4-16-5-7-17(8-6-16)20-13-14-21(22(24)15-20)18-9-11-19(12-10-18)23(25)26-2/h9-17H,3-8H2,1-2H3. The summed E-state index contributed by atoms with van der Waals surface area (Å²) in [6.07, 6.45) is 7.43. The second-order valence-corrected chi connectivity index (χ2v) is 7.31. The molecule has 0 amide bonds. The van der Waals surface area contributed by atoms with Crippen molar-refractivity contribution in [3.63, 3.8) is 0 Å². The normalized spacial score (nSPS) is 20.0. The SMILES string of the molecule is CCCC1CCC(c2ccc(-c3ccc(C(=O)OC)cc3)c(F)c2)CC1. The highest BCUT2D eigenvalue weighted by Crippen LogP contribution is 2.38. The van der Waals surface area contributed by atoms with Gasteiger partial charge in [0.1, 0.15) is 5.82 Å². The Kier molecular flexibility index (Phi) is 6.08. The summed E-state index contributed by atoms with van der Waals surface area (Å²) >= 11 is 0. The van der Waals surface area contributed by atoms with Crippen LogP contribution in [-0.2, 0) is 4.74 Å². The lowest BCUT2D eigenvalue weighted by atomic mass is 9.77. The minimum Gasteiger partial charge on any atom is -0.465 e. The van der Waals surface area contributed by atoms with Crippen LogP contribution in [0.1, 0.15) is 67.3 Å². The van der Waals surface area contributed by atoms with Crippen molar-refractivity contribution in [1.29, 1.82) is 0 Å². The zero-order chi connectivity index (χ0) is 18.5. The Morgan fingerprint density at radius 2 is 1.77 bits per heavy atom. The fourth-order valence-electron chi connectivity index (χ4n) is 4.12. The molecule has 0 radical (unpaired) electrons. The number of carbonyl (C=O) groups excluding carboxylic acids is 1. The highest BCUT2D eigenvalue weighted by molar-refractivity contribution is 5.90. The Morgan fingerprint density at radius 1 is 1.08 bits per heavy atom. The first-order valence-corrected chi connectivity index (χ1v) is 9.60. The molecule has 2 nitrogen and oxygen atoms in total. The van der Waals surface area contributed by atoms with E-state index in [9.17, 15) is 9.18 Å². The van der Waals surface area contributed by atoms with E-state index in [0.717, 1.165) is 29.9 Å². The van der Waals surface area contributed by atoms with E-state index in [1.165, 1.54) is 32.8 Å². The number of benzene rings is 2. The third-order valence-electron chi connectivity index (χ3n) is 5.63. The molecule has 3 rings (SSSR count). The van der Waals surface area contributed by atoms with Crippen molar-refractivity contribution in [1.82, 2.24) is 0 Å². The summed E-state index contributed by atoms with van der Waals surface area (Å²) < 4.78 is 19.4. The van der Waals surface area contributed by atoms with Gasteiger partial charge in [-0.2, -0.15) is 0 Å². The van der Waals surface area contributed by atoms with Crippen LogP contribution in [0.5, 0.6) is 0 Å². The number of ether oxygens (including phenoxy) is 1. The van der Waals surface area contributed by atoms with Crippen molar-refractivity contribution in [2.75, 3.05) is 7.11 Å². The first kappa shape index (κ1) is 18.6. The second kappa shape index (κ2) is 8.48. The molecule has 0 aliphatic heterocycles. The van der Waals surface area contributed by atoms with Crippen LogP contribution in [0.15, 0.2) is 42.5 Å². The average Bonchev–Trinajstić information content (AvgIpc) is 2.68. The van der Waals surface area contributed by atoms with Crippen molar-refractivity contribution in [3.8, 4) is 11.1 Å². The molecule has 2 aromatic carbocycles. The Bertz CT molecular complexity index is 743. The molecule has 1 aliphatic rings. The van der Waals surface area contributed by atoms with Crippen molar-refractivity contribution >= 4 is 5.97 Å². The molecule has 0 unspecified atom stereocenters. The van der Waals surface area contributed by atoms with Crippen molar-refractivity contribution in [2.45, 2.75) is 51.4 Å². The van der Waals surface area contributed by atoms with Crippen molar-refractivity contribution in [3.05, 3.63) is 59.4 Å². The smallest absolute Gasteiger partial charge is 0.337 e. The molecule has 0 bridgehead atoms. The Hall–Kier alpha value is -2.16. The van der Waals surface area contributed by atoms with Gasteiger partial charge < -0.3 is 4.74 Å². The Morgan fingerprint density at radius 3 is 2.35 bits per heavy atom. The van der Waals surface area contributed by atoms with Gasteiger partial charge >= 0.3 is 5.97 Å². The van der Waals surface area contributed by atoms with Gasteiger partial charge in [0, 0.05) is 5.56 Å². The predicted molar refractivity (Wildman–Crippen MR) is 103 cm³/mol. The largest absolute Gasteiger partial charge is 0.465 e. The quantitative estimate of drug-likeness (QED) is 0.585. The fourth-order valence-corrected chi connectivity index (χ4v) is 4.12. The molecule has 26 heavy (non-hydrogen) atoms. The summed E-state index contributed by atoms with van der Waals surface area (Å²) in [5.74, 6) is 0.761. The van der Waals surface area contributed by atoms with Gasteiger partial charge in [-0.15, -0.1) is 0 Å². The van der Waals surface area contributed by atoms with Gasteiger partial charge in [0.05, 0.1) is 12.7 Å². The van der Waals surface area contributed by atoms with E-state index in [4.69, 9.17) is 4.74 Å². The summed E-state index contributed by atoms with van der Waals surface area (Å²) in [5.41, 5.74) is 2.93. The Labute approximate surface area is 155 Å². The first-order chi connectivity index (χ1) is 12.6. The summed E-state index contributed by atoms with van der Waals surface area (Å²) in [7, 11) is 1.35. The summed E-state index contributed by atoms with van der Waals surface area (Å²) in [6.45, 7) is 2.25. The Balaban J connectivity index is 1.73. The van der Waals surface area contributed by atoms with Gasteiger partial charge in [0.25, 0.3) is 0 Å². The van der Waals surface area contributed by atoms with E-state index in [2.05, 4.69) is 13.0 Å². The summed E-state index contributed by atoms with van der Waals surface area (Å²) in [6, 6.07) is 12.5. The number of esters is 1. The molecular formula is C23H27FO2. The number of rotatable bonds is 5. The van der Waals surface area contributed by atoms with Crippen LogP contribution in [0.25, 0.3) is 11.1 Å². The van der Waals surface area contributed by atoms with E-state index >= 15 is 0 Å². The minimum absolute atomic E-state index is 0.191. The summed E-state index contributed by atoms with van der Waals surface area (Å²) in [5, 5.41) is 0. The van der Waals surface area contributed by atoms with E-state index in [1.807, 2.05) is 6.07 Å². The molecule has 3 heteroatoms. The molecule has 0 saturated heterocycles. The van der Waals surface area contributed by atoms with Crippen LogP contribution >= 0.6 is 0 Å². The predicted octanol–water partition coefficient (Wildman–Crippen LogP) is 6.35. The highest BCUT2D eigenvalue weighted by atomic mass is 19.1. The second-order valence-electron chi connectivity index (χ2n) is 7.31.